The van der Waals surface area contributed by atoms with Gasteiger partial charge in [0.1, 0.15) is 6.04 Å². The van der Waals surface area contributed by atoms with E-state index < -0.39 is 12.2 Å². The van der Waals surface area contributed by atoms with Crippen LogP contribution in [0.25, 0.3) is 0 Å². The average Bonchev–Trinajstić information content (AvgIpc) is 2.46. The fourth-order valence-corrected chi connectivity index (χ4v) is 3.77. The third-order valence-corrected chi connectivity index (χ3v) is 4.78. The lowest BCUT2D eigenvalue weighted by Crippen LogP contribution is -2.59. The van der Waals surface area contributed by atoms with Crippen LogP contribution in [0.15, 0.2) is 11.8 Å². The predicted molar refractivity (Wildman–Crippen MR) is 71.3 cm³/mol. The number of nitrogens with zero attached hydrogens (tertiary/aromatic N) is 1. The third-order valence-electron chi connectivity index (χ3n) is 4.78. The number of allylic oxidation sites excluding steroid dienone is 1. The molecule has 0 amide bonds. The molecule has 3 nitrogen and oxygen atoms in total. The first-order valence-corrected chi connectivity index (χ1v) is 7.54. The Morgan fingerprint density at radius 3 is 2.65 bits per heavy atom. The molecule has 2 aliphatic heterocycles. The van der Waals surface area contributed by atoms with Gasteiger partial charge in [-0.2, -0.15) is 13.2 Å². The molecule has 3 atom stereocenters. The van der Waals surface area contributed by atoms with Gasteiger partial charge >= 0.3 is 6.18 Å². The van der Waals surface area contributed by atoms with E-state index in [-0.39, 0.29) is 18.4 Å². The molecule has 3 rings (SSSR count). The lowest BCUT2D eigenvalue weighted by atomic mass is 9.78. The van der Waals surface area contributed by atoms with Crippen LogP contribution in [0.2, 0.25) is 0 Å². The van der Waals surface area contributed by atoms with Gasteiger partial charge in [0.25, 0.3) is 0 Å². The summed E-state index contributed by atoms with van der Waals surface area (Å²) in [7, 11) is 0. The highest BCUT2D eigenvalue weighted by atomic mass is 19.4. The molecule has 0 bridgehead atoms. The van der Waals surface area contributed by atoms with E-state index in [1.807, 2.05) is 6.08 Å². The first-order valence-electron chi connectivity index (χ1n) is 7.54. The van der Waals surface area contributed by atoms with E-state index >= 15 is 0 Å². The molecule has 0 aromatic heterocycles. The Hall–Kier alpha value is -0.750. The Morgan fingerprint density at radius 1 is 1.20 bits per heavy atom. The van der Waals surface area contributed by atoms with Crippen LogP contribution in [-0.4, -0.2) is 49.3 Å². The Kier molecular flexibility index (Phi) is 3.95. The second kappa shape index (κ2) is 5.56. The van der Waals surface area contributed by atoms with Gasteiger partial charge in [0.2, 0.25) is 0 Å². The Balaban J connectivity index is 1.81. The van der Waals surface area contributed by atoms with Gasteiger partial charge in [0.05, 0.1) is 0 Å². The normalized spacial score (nSPS) is 36.0. The van der Waals surface area contributed by atoms with Crippen molar-refractivity contribution in [1.29, 1.82) is 0 Å². The van der Waals surface area contributed by atoms with E-state index in [2.05, 4.69) is 15.5 Å². The number of alkyl halides is 3. The van der Waals surface area contributed by atoms with Crippen molar-refractivity contribution >= 4 is 0 Å². The molecule has 2 heterocycles. The maximum atomic E-state index is 13.1. The molecule has 20 heavy (non-hydrogen) atoms. The summed E-state index contributed by atoms with van der Waals surface area (Å²) in [6.07, 6.45) is 1.02. The van der Waals surface area contributed by atoms with Crippen LogP contribution in [0.5, 0.6) is 0 Å². The summed E-state index contributed by atoms with van der Waals surface area (Å²) in [5.41, 5.74) is 0.841. The summed E-state index contributed by atoms with van der Waals surface area (Å²) in [5, 5.41) is 6.03. The molecule has 0 aromatic carbocycles. The van der Waals surface area contributed by atoms with Gasteiger partial charge in [-0.15, -0.1) is 0 Å². The minimum Gasteiger partial charge on any atom is -0.377 e. The Bertz CT molecular complexity index is 374. The van der Waals surface area contributed by atoms with Crippen LogP contribution in [0.3, 0.4) is 0 Å². The highest BCUT2D eigenvalue weighted by molar-refractivity contribution is 5.17. The molecule has 114 valence electrons. The molecule has 2 fully saturated rings. The Morgan fingerprint density at radius 2 is 1.95 bits per heavy atom. The van der Waals surface area contributed by atoms with Crippen molar-refractivity contribution in [1.82, 2.24) is 15.5 Å². The summed E-state index contributed by atoms with van der Waals surface area (Å²) >= 11 is 0. The van der Waals surface area contributed by atoms with Crippen molar-refractivity contribution in [3.8, 4) is 0 Å². The van der Waals surface area contributed by atoms with Crippen LogP contribution in [0, 0.1) is 5.92 Å². The molecule has 6 heteroatoms. The maximum absolute atomic E-state index is 13.1. The SMILES string of the molecule is FC(F)(F)C1CC(N2CCNCC2)C2CCCC=C2N1. The maximum Gasteiger partial charge on any atom is 0.408 e. The smallest absolute Gasteiger partial charge is 0.377 e. The quantitative estimate of drug-likeness (QED) is 0.772. The van der Waals surface area contributed by atoms with Gasteiger partial charge in [-0.05, 0) is 25.7 Å². The van der Waals surface area contributed by atoms with Crippen LogP contribution < -0.4 is 10.6 Å². The highest BCUT2D eigenvalue weighted by Gasteiger charge is 2.48. The number of fused-ring (bicyclic) bond motifs is 1. The third kappa shape index (κ3) is 2.81. The van der Waals surface area contributed by atoms with Crippen LogP contribution in [0.1, 0.15) is 25.7 Å². The van der Waals surface area contributed by atoms with Crippen molar-refractivity contribution in [2.75, 3.05) is 26.2 Å². The summed E-state index contributed by atoms with van der Waals surface area (Å²) in [4.78, 5) is 2.26. The minimum atomic E-state index is -4.16. The number of hydrogen-bond donors (Lipinski definition) is 2. The number of nitrogens with one attached hydrogen (secondary N) is 2. The van der Waals surface area contributed by atoms with Crippen molar-refractivity contribution in [3.63, 3.8) is 0 Å². The average molecular weight is 289 g/mol. The summed E-state index contributed by atoms with van der Waals surface area (Å²) in [6, 6.07) is -1.35. The number of piperidine rings is 1. The van der Waals surface area contributed by atoms with Crippen molar-refractivity contribution in [2.24, 2.45) is 5.92 Å². The molecule has 2 saturated heterocycles. The van der Waals surface area contributed by atoms with Gasteiger partial charge in [0.15, 0.2) is 0 Å². The molecular weight excluding hydrogens is 267 g/mol. The standard InChI is InChI=1S/C14H22F3N3/c15-14(16,17)13-9-12(20-7-5-18-6-8-20)10-3-1-2-4-11(10)19-13/h4,10,12-13,18-19H,1-3,5-9H2. The summed E-state index contributed by atoms with van der Waals surface area (Å²) in [5.74, 6) is 0.264. The van der Waals surface area contributed by atoms with Crippen molar-refractivity contribution in [3.05, 3.63) is 11.8 Å². The topological polar surface area (TPSA) is 27.3 Å². The van der Waals surface area contributed by atoms with Crippen LogP contribution in [0.4, 0.5) is 13.2 Å². The number of hydrogen-bond acceptors (Lipinski definition) is 3. The Labute approximate surface area is 117 Å². The lowest BCUT2D eigenvalue weighted by molar-refractivity contribution is -0.164. The van der Waals surface area contributed by atoms with E-state index in [0.29, 0.717) is 0 Å². The van der Waals surface area contributed by atoms with Crippen LogP contribution in [-0.2, 0) is 0 Å². The van der Waals surface area contributed by atoms with Crippen molar-refractivity contribution < 1.29 is 13.2 Å². The number of piperazine rings is 1. The predicted octanol–water partition coefficient (Wildman–Crippen LogP) is 1.87. The van der Waals surface area contributed by atoms with Gasteiger partial charge in [0, 0.05) is 43.8 Å². The molecule has 0 radical (unpaired) electrons. The van der Waals surface area contributed by atoms with Crippen molar-refractivity contribution in [2.45, 2.75) is 43.9 Å². The second-order valence-corrected chi connectivity index (χ2v) is 6.02. The zero-order chi connectivity index (χ0) is 14.2. The van der Waals surface area contributed by atoms with E-state index in [4.69, 9.17) is 0 Å². The molecular formula is C14H22F3N3. The first kappa shape index (κ1) is 14.2. The first-order chi connectivity index (χ1) is 9.55. The van der Waals surface area contributed by atoms with Crippen LogP contribution >= 0.6 is 0 Å². The highest BCUT2D eigenvalue weighted by Crippen LogP contribution is 2.39. The fourth-order valence-electron chi connectivity index (χ4n) is 3.77. The molecule has 1 aliphatic carbocycles. The zero-order valence-corrected chi connectivity index (χ0v) is 11.5. The fraction of sp³-hybridized carbons (Fsp3) is 0.857. The van der Waals surface area contributed by atoms with E-state index in [1.165, 1.54) is 0 Å². The zero-order valence-electron chi connectivity index (χ0n) is 11.5. The summed E-state index contributed by atoms with van der Waals surface area (Å²) in [6.45, 7) is 3.48. The second-order valence-electron chi connectivity index (χ2n) is 6.02. The lowest BCUT2D eigenvalue weighted by Gasteiger charge is -2.47. The number of rotatable bonds is 1. The van der Waals surface area contributed by atoms with Gasteiger partial charge in [-0.3, -0.25) is 4.90 Å². The molecule has 0 saturated carbocycles. The van der Waals surface area contributed by atoms with E-state index in [0.717, 1.165) is 51.1 Å². The molecule has 3 aliphatic rings. The van der Waals surface area contributed by atoms with Gasteiger partial charge in [-0.1, -0.05) is 6.08 Å². The number of halogens is 3. The summed E-state index contributed by atoms with van der Waals surface area (Å²) < 4.78 is 39.4. The van der Waals surface area contributed by atoms with Gasteiger partial charge < -0.3 is 10.6 Å². The monoisotopic (exact) mass is 289 g/mol. The van der Waals surface area contributed by atoms with Gasteiger partial charge in [-0.25, -0.2) is 0 Å². The van der Waals surface area contributed by atoms with E-state index in [1.54, 1.807) is 0 Å². The minimum absolute atomic E-state index is 0.0384. The molecule has 0 spiro atoms. The molecule has 0 aromatic rings. The largest absolute Gasteiger partial charge is 0.408 e. The molecule has 2 N–H and O–H groups in total. The van der Waals surface area contributed by atoms with E-state index in [9.17, 15) is 13.2 Å². The molecule has 3 unspecified atom stereocenters.